The van der Waals surface area contributed by atoms with Crippen molar-refractivity contribution in [2.75, 3.05) is 6.61 Å². The first-order chi connectivity index (χ1) is 13.2. The predicted molar refractivity (Wildman–Crippen MR) is 103 cm³/mol. The van der Waals surface area contributed by atoms with Crippen molar-refractivity contribution in [2.45, 2.75) is 83.0 Å². The van der Waals surface area contributed by atoms with Crippen LogP contribution < -0.4 is 0 Å². The van der Waals surface area contributed by atoms with Gasteiger partial charge in [0.25, 0.3) is 0 Å². The van der Waals surface area contributed by atoms with Crippen molar-refractivity contribution in [3.63, 3.8) is 0 Å². The van der Waals surface area contributed by atoms with Crippen LogP contribution in [0.25, 0.3) is 0 Å². The van der Waals surface area contributed by atoms with Gasteiger partial charge in [-0.05, 0) is 73.7 Å². The number of hydrogen-bond donors (Lipinski definition) is 3. The van der Waals surface area contributed by atoms with Crippen molar-refractivity contribution in [2.24, 2.45) is 34.5 Å². The summed E-state index contributed by atoms with van der Waals surface area (Å²) in [7, 11) is 0. The second-order valence-corrected chi connectivity index (χ2v) is 10.9. The van der Waals surface area contributed by atoms with E-state index < -0.39 is 17.1 Å². The van der Waals surface area contributed by atoms with Gasteiger partial charge < -0.3 is 20.1 Å². The lowest BCUT2D eigenvalue weighted by molar-refractivity contribution is -0.208. The number of carbonyl (C=O) groups is 1. The third kappa shape index (κ3) is 2.33. The Bertz CT molecular complexity index is 718. The highest BCUT2D eigenvalue weighted by Gasteiger charge is 2.70. The SMILES string of the molecule is C[C@@]12CC[C@H](O)C[C@@H]1CC[C@@H]1[C@@H]2CC[C@@]2(C)[C@@H](C3=CC(=O)OC3)[C@@H](O)C[C@]12O. The van der Waals surface area contributed by atoms with Gasteiger partial charge in [-0.1, -0.05) is 13.8 Å². The minimum atomic E-state index is -0.906. The molecule has 1 heterocycles. The molecule has 4 fully saturated rings. The third-order valence-corrected chi connectivity index (χ3v) is 9.92. The Kier molecular flexibility index (Phi) is 4.12. The van der Waals surface area contributed by atoms with Crippen LogP contribution in [0.15, 0.2) is 11.6 Å². The zero-order valence-corrected chi connectivity index (χ0v) is 17.1. The van der Waals surface area contributed by atoms with Crippen molar-refractivity contribution in [1.82, 2.24) is 0 Å². The van der Waals surface area contributed by atoms with E-state index in [-0.39, 0.29) is 35.9 Å². The molecule has 0 amide bonds. The fourth-order valence-corrected chi connectivity index (χ4v) is 8.47. The predicted octanol–water partition coefficient (Wildman–Crippen LogP) is 2.58. The lowest BCUT2D eigenvalue weighted by Gasteiger charge is -2.63. The minimum absolute atomic E-state index is 0.170. The number of fused-ring (bicyclic) bond motifs is 5. The quantitative estimate of drug-likeness (QED) is 0.599. The molecule has 0 radical (unpaired) electrons. The average Bonchev–Trinajstić information content (AvgIpc) is 3.13. The first kappa shape index (κ1) is 19.1. The fourth-order valence-electron chi connectivity index (χ4n) is 8.47. The lowest BCUT2D eigenvalue weighted by Crippen LogP contribution is -2.62. The van der Waals surface area contributed by atoms with Crippen LogP contribution in [0.5, 0.6) is 0 Å². The van der Waals surface area contributed by atoms with Crippen LogP contribution in [0.4, 0.5) is 0 Å². The molecule has 5 rings (SSSR count). The summed E-state index contributed by atoms with van der Waals surface area (Å²) in [5.41, 5.74) is -0.301. The van der Waals surface area contributed by atoms with E-state index in [0.29, 0.717) is 18.3 Å². The zero-order valence-electron chi connectivity index (χ0n) is 17.1. The Hall–Kier alpha value is -0.910. The van der Waals surface area contributed by atoms with Crippen molar-refractivity contribution < 1.29 is 24.9 Å². The summed E-state index contributed by atoms with van der Waals surface area (Å²) in [6.07, 6.45) is 7.87. The number of aliphatic hydroxyl groups is 3. The molecular weight excluding hydrogens is 356 g/mol. The van der Waals surface area contributed by atoms with Gasteiger partial charge in [-0.2, -0.15) is 0 Å². The summed E-state index contributed by atoms with van der Waals surface area (Å²) in [5, 5.41) is 33.3. The molecule has 28 heavy (non-hydrogen) atoms. The molecule has 9 atom stereocenters. The number of hydrogen-bond acceptors (Lipinski definition) is 5. The first-order valence-electron chi connectivity index (χ1n) is 11.1. The van der Waals surface area contributed by atoms with Crippen LogP contribution in [0.3, 0.4) is 0 Å². The maximum atomic E-state index is 12.1. The molecule has 0 unspecified atom stereocenters. The van der Waals surface area contributed by atoms with E-state index in [1.54, 1.807) is 0 Å². The second-order valence-electron chi connectivity index (χ2n) is 10.9. The summed E-state index contributed by atoms with van der Waals surface area (Å²) in [5.74, 6) is 0.627. The molecule has 3 N–H and O–H groups in total. The molecule has 4 saturated carbocycles. The summed E-state index contributed by atoms with van der Waals surface area (Å²) in [6, 6.07) is 0. The minimum Gasteiger partial charge on any atom is -0.458 e. The highest BCUT2D eigenvalue weighted by atomic mass is 16.5. The molecule has 0 saturated heterocycles. The molecule has 0 spiro atoms. The van der Waals surface area contributed by atoms with Crippen molar-refractivity contribution in [1.29, 1.82) is 0 Å². The van der Waals surface area contributed by atoms with Crippen LogP contribution in [-0.4, -0.2) is 45.7 Å². The van der Waals surface area contributed by atoms with E-state index in [0.717, 1.165) is 50.5 Å². The maximum absolute atomic E-state index is 12.1. The smallest absolute Gasteiger partial charge is 0.331 e. The maximum Gasteiger partial charge on any atom is 0.331 e. The van der Waals surface area contributed by atoms with Crippen molar-refractivity contribution in [3.05, 3.63) is 11.6 Å². The molecule has 4 aliphatic carbocycles. The molecule has 0 aromatic heterocycles. The van der Waals surface area contributed by atoms with E-state index >= 15 is 0 Å². The number of esters is 1. The Morgan fingerprint density at radius 2 is 1.86 bits per heavy atom. The van der Waals surface area contributed by atoms with Crippen molar-refractivity contribution >= 4 is 5.97 Å². The number of aliphatic hydroxyl groups excluding tert-OH is 2. The number of rotatable bonds is 1. The highest BCUT2D eigenvalue weighted by molar-refractivity contribution is 5.85. The van der Waals surface area contributed by atoms with E-state index in [4.69, 9.17) is 4.74 Å². The number of carbonyl (C=O) groups excluding carboxylic acids is 1. The van der Waals surface area contributed by atoms with Crippen LogP contribution in [0, 0.1) is 34.5 Å². The van der Waals surface area contributed by atoms with Gasteiger partial charge in [-0.25, -0.2) is 4.79 Å². The fraction of sp³-hybridized carbons (Fsp3) is 0.870. The Morgan fingerprint density at radius 1 is 1.07 bits per heavy atom. The molecule has 1 aliphatic heterocycles. The van der Waals surface area contributed by atoms with Gasteiger partial charge in [0.2, 0.25) is 0 Å². The monoisotopic (exact) mass is 390 g/mol. The van der Waals surface area contributed by atoms with Gasteiger partial charge in [0.15, 0.2) is 0 Å². The number of cyclic esters (lactones) is 1. The molecule has 5 nitrogen and oxygen atoms in total. The van der Waals surface area contributed by atoms with Crippen LogP contribution in [-0.2, 0) is 9.53 Å². The van der Waals surface area contributed by atoms with Gasteiger partial charge in [0.05, 0.1) is 17.8 Å². The topological polar surface area (TPSA) is 87.0 Å². The van der Waals surface area contributed by atoms with Crippen LogP contribution >= 0.6 is 0 Å². The molecule has 0 aromatic rings. The Labute approximate surface area is 167 Å². The van der Waals surface area contributed by atoms with Crippen molar-refractivity contribution in [3.8, 4) is 0 Å². The Balaban J connectivity index is 1.50. The first-order valence-corrected chi connectivity index (χ1v) is 11.1. The molecule has 0 aromatic carbocycles. The number of ether oxygens (including phenoxy) is 1. The lowest BCUT2D eigenvalue weighted by atomic mass is 9.43. The third-order valence-electron chi connectivity index (χ3n) is 9.92. The largest absolute Gasteiger partial charge is 0.458 e. The van der Waals surface area contributed by atoms with Crippen LogP contribution in [0.1, 0.15) is 65.2 Å². The second kappa shape index (κ2) is 6.05. The van der Waals surface area contributed by atoms with Gasteiger partial charge in [-0.3, -0.25) is 0 Å². The molecule has 5 aliphatic rings. The van der Waals surface area contributed by atoms with E-state index in [9.17, 15) is 20.1 Å². The van der Waals surface area contributed by atoms with Gasteiger partial charge in [0, 0.05) is 23.8 Å². The summed E-state index contributed by atoms with van der Waals surface area (Å²) in [6.45, 7) is 4.77. The molecule has 0 bridgehead atoms. The average molecular weight is 391 g/mol. The molecular formula is C23H34O5. The van der Waals surface area contributed by atoms with Gasteiger partial charge in [-0.15, -0.1) is 0 Å². The normalized spacial score (nSPS) is 55.8. The van der Waals surface area contributed by atoms with Gasteiger partial charge >= 0.3 is 5.97 Å². The molecule has 156 valence electrons. The highest BCUT2D eigenvalue weighted by Crippen LogP contribution is 2.69. The van der Waals surface area contributed by atoms with E-state index in [1.807, 2.05) is 0 Å². The van der Waals surface area contributed by atoms with E-state index in [2.05, 4.69) is 13.8 Å². The van der Waals surface area contributed by atoms with Crippen LogP contribution in [0.2, 0.25) is 0 Å². The zero-order chi connectivity index (χ0) is 19.9. The Morgan fingerprint density at radius 3 is 2.57 bits per heavy atom. The van der Waals surface area contributed by atoms with E-state index in [1.165, 1.54) is 6.08 Å². The molecule has 5 heteroatoms. The summed E-state index contributed by atoms with van der Waals surface area (Å²) >= 11 is 0. The standard InChI is InChI=1S/C23H34O5/c1-21-7-5-15(24)10-14(21)3-4-17-16(21)6-8-22(2)20(13-9-19(26)28-12-13)18(25)11-23(17,22)27/h9,14-18,20,24-25,27H,3-8,10-12H2,1-2H3/t14-,15-,16-,17+,18-,20-,21+,22-,23-/m0/s1. The summed E-state index contributed by atoms with van der Waals surface area (Å²) in [4.78, 5) is 11.7. The van der Waals surface area contributed by atoms with Gasteiger partial charge in [0.1, 0.15) is 6.61 Å². The summed E-state index contributed by atoms with van der Waals surface area (Å²) < 4.78 is 5.14.